The molecule has 0 bridgehead atoms. The van der Waals surface area contributed by atoms with Gasteiger partial charge >= 0.3 is 0 Å². The van der Waals surface area contributed by atoms with Crippen LogP contribution in [0, 0.1) is 4.77 Å². The zero-order valence-electron chi connectivity index (χ0n) is 16.9. The van der Waals surface area contributed by atoms with Gasteiger partial charge in [0.05, 0.1) is 24.6 Å². The lowest BCUT2D eigenvalue weighted by Crippen LogP contribution is -2.25. The molecule has 156 valence electrons. The van der Waals surface area contributed by atoms with Crippen LogP contribution in [0.1, 0.15) is 21.5 Å². The number of rotatable bonds is 6. The minimum atomic E-state index is -0.249. The molecule has 0 fully saturated rings. The first-order chi connectivity index (χ1) is 15.1. The number of fused-ring (bicyclic) bond motifs is 1. The van der Waals surface area contributed by atoms with Crippen LogP contribution in [0.15, 0.2) is 77.6 Å². The standard InChI is InChI=1S/C24H21N3O3S/c1-30-21-10-6-5-9-18(21)14-25-22(28)17-11-12-19-20(13-17)26-24(31)27(23(19)29)15-16-7-3-2-4-8-16/h2-13H,14-15H2,1H3,(H,25,28)(H,26,31). The predicted octanol–water partition coefficient (Wildman–Crippen LogP) is 4.05. The van der Waals surface area contributed by atoms with Crippen LogP contribution in [-0.4, -0.2) is 22.6 Å². The zero-order chi connectivity index (χ0) is 21.8. The van der Waals surface area contributed by atoms with E-state index in [1.807, 2.05) is 54.6 Å². The van der Waals surface area contributed by atoms with Crippen LogP contribution in [-0.2, 0) is 13.1 Å². The van der Waals surface area contributed by atoms with Gasteiger partial charge in [0, 0.05) is 17.7 Å². The molecule has 2 N–H and O–H groups in total. The number of aromatic nitrogens is 2. The van der Waals surface area contributed by atoms with E-state index in [2.05, 4.69) is 10.3 Å². The molecule has 0 atom stereocenters. The van der Waals surface area contributed by atoms with Crippen molar-refractivity contribution in [3.8, 4) is 5.75 Å². The molecule has 0 radical (unpaired) electrons. The first-order valence-corrected chi connectivity index (χ1v) is 10.2. The van der Waals surface area contributed by atoms with E-state index in [-0.39, 0.29) is 11.5 Å². The normalized spacial score (nSPS) is 10.7. The van der Waals surface area contributed by atoms with Gasteiger partial charge in [-0.05, 0) is 42.0 Å². The molecule has 0 aliphatic heterocycles. The van der Waals surface area contributed by atoms with Gasteiger partial charge < -0.3 is 15.0 Å². The average molecular weight is 432 g/mol. The van der Waals surface area contributed by atoms with Gasteiger partial charge in [0.25, 0.3) is 11.5 Å². The van der Waals surface area contributed by atoms with Crippen LogP contribution in [0.25, 0.3) is 10.9 Å². The van der Waals surface area contributed by atoms with Crippen molar-refractivity contribution in [2.45, 2.75) is 13.1 Å². The van der Waals surface area contributed by atoms with Crippen molar-refractivity contribution in [2.24, 2.45) is 0 Å². The topological polar surface area (TPSA) is 76.1 Å². The van der Waals surface area contributed by atoms with Gasteiger partial charge in [0.15, 0.2) is 4.77 Å². The average Bonchev–Trinajstić information content (AvgIpc) is 2.80. The van der Waals surface area contributed by atoms with E-state index in [9.17, 15) is 9.59 Å². The molecular formula is C24H21N3O3S. The lowest BCUT2D eigenvalue weighted by atomic mass is 10.1. The molecule has 0 saturated carbocycles. The van der Waals surface area contributed by atoms with E-state index in [0.717, 1.165) is 11.1 Å². The lowest BCUT2D eigenvalue weighted by Gasteiger charge is -2.11. The second kappa shape index (κ2) is 8.97. The molecule has 4 aromatic rings. The SMILES string of the molecule is COc1ccccc1CNC(=O)c1ccc2c(=O)n(Cc3ccccc3)c(=S)[nH]c2c1. The molecule has 6 nitrogen and oxygen atoms in total. The van der Waals surface area contributed by atoms with E-state index in [0.29, 0.717) is 40.1 Å². The number of amides is 1. The van der Waals surface area contributed by atoms with E-state index in [4.69, 9.17) is 17.0 Å². The number of aromatic amines is 1. The predicted molar refractivity (Wildman–Crippen MR) is 123 cm³/mol. The highest BCUT2D eigenvalue weighted by Crippen LogP contribution is 2.17. The highest BCUT2D eigenvalue weighted by Gasteiger charge is 2.11. The van der Waals surface area contributed by atoms with Gasteiger partial charge in [-0.15, -0.1) is 0 Å². The first kappa shape index (κ1) is 20.6. The Bertz CT molecular complexity index is 1360. The Morgan fingerprint density at radius 1 is 1.06 bits per heavy atom. The number of methoxy groups -OCH3 is 1. The fourth-order valence-corrected chi connectivity index (χ4v) is 3.69. The van der Waals surface area contributed by atoms with Crippen LogP contribution in [0.4, 0.5) is 0 Å². The number of carbonyl (C=O) groups excluding carboxylic acids is 1. The number of carbonyl (C=O) groups is 1. The Labute approximate surface area is 184 Å². The van der Waals surface area contributed by atoms with Crippen molar-refractivity contribution in [1.29, 1.82) is 0 Å². The van der Waals surface area contributed by atoms with Crippen molar-refractivity contribution < 1.29 is 9.53 Å². The van der Waals surface area contributed by atoms with E-state index in [1.165, 1.54) is 4.57 Å². The maximum absolute atomic E-state index is 13.0. The molecule has 0 unspecified atom stereocenters. The van der Waals surface area contributed by atoms with Crippen LogP contribution in [0.2, 0.25) is 0 Å². The molecule has 0 saturated heterocycles. The van der Waals surface area contributed by atoms with Crippen molar-refractivity contribution in [2.75, 3.05) is 7.11 Å². The second-order valence-corrected chi connectivity index (χ2v) is 7.45. The van der Waals surface area contributed by atoms with Gasteiger partial charge in [0.2, 0.25) is 0 Å². The van der Waals surface area contributed by atoms with Crippen molar-refractivity contribution in [3.05, 3.63) is 105 Å². The molecule has 4 rings (SSSR count). The smallest absolute Gasteiger partial charge is 0.262 e. The number of H-pyrrole nitrogens is 1. The molecule has 31 heavy (non-hydrogen) atoms. The third kappa shape index (κ3) is 4.41. The van der Waals surface area contributed by atoms with Gasteiger partial charge in [0.1, 0.15) is 5.75 Å². The molecule has 1 heterocycles. The maximum atomic E-state index is 13.0. The van der Waals surface area contributed by atoms with Crippen LogP contribution >= 0.6 is 12.2 Å². The Morgan fingerprint density at radius 2 is 1.81 bits per heavy atom. The molecule has 0 spiro atoms. The zero-order valence-corrected chi connectivity index (χ0v) is 17.7. The molecule has 7 heteroatoms. The van der Waals surface area contributed by atoms with Gasteiger partial charge in [-0.1, -0.05) is 48.5 Å². The van der Waals surface area contributed by atoms with Gasteiger partial charge in [-0.2, -0.15) is 0 Å². The third-order valence-corrected chi connectivity index (χ3v) is 5.38. The number of para-hydroxylation sites is 1. The highest BCUT2D eigenvalue weighted by molar-refractivity contribution is 7.71. The van der Waals surface area contributed by atoms with Gasteiger partial charge in [-0.25, -0.2) is 0 Å². The third-order valence-electron chi connectivity index (χ3n) is 5.06. The molecule has 3 aromatic carbocycles. The lowest BCUT2D eigenvalue weighted by molar-refractivity contribution is 0.0951. The number of nitrogens with one attached hydrogen (secondary N) is 2. The van der Waals surface area contributed by atoms with Crippen molar-refractivity contribution >= 4 is 29.0 Å². The largest absolute Gasteiger partial charge is 0.496 e. The molecule has 0 aliphatic rings. The van der Waals surface area contributed by atoms with Crippen molar-refractivity contribution in [3.63, 3.8) is 0 Å². The summed E-state index contributed by atoms with van der Waals surface area (Å²) in [7, 11) is 1.59. The van der Waals surface area contributed by atoms with E-state index in [1.54, 1.807) is 25.3 Å². The van der Waals surface area contributed by atoms with E-state index < -0.39 is 0 Å². The summed E-state index contributed by atoms with van der Waals surface area (Å²) < 4.78 is 7.15. The maximum Gasteiger partial charge on any atom is 0.262 e. The Morgan fingerprint density at radius 3 is 2.58 bits per heavy atom. The molecular weight excluding hydrogens is 410 g/mol. The summed E-state index contributed by atoms with van der Waals surface area (Å²) in [5.74, 6) is 0.463. The Kier molecular flexibility index (Phi) is 5.95. The number of hydrogen-bond donors (Lipinski definition) is 2. The summed E-state index contributed by atoms with van der Waals surface area (Å²) in [6, 6.07) is 22.1. The summed E-state index contributed by atoms with van der Waals surface area (Å²) in [6.07, 6.45) is 0. The van der Waals surface area contributed by atoms with E-state index >= 15 is 0 Å². The Hall–Kier alpha value is -3.71. The summed E-state index contributed by atoms with van der Waals surface area (Å²) in [4.78, 5) is 28.7. The summed E-state index contributed by atoms with van der Waals surface area (Å²) in [5.41, 5.74) is 2.64. The number of benzene rings is 3. The van der Waals surface area contributed by atoms with Crippen LogP contribution in [0.5, 0.6) is 5.75 Å². The van der Waals surface area contributed by atoms with Crippen LogP contribution in [0.3, 0.4) is 0 Å². The van der Waals surface area contributed by atoms with Crippen molar-refractivity contribution in [1.82, 2.24) is 14.9 Å². The fraction of sp³-hybridized carbons (Fsp3) is 0.125. The Balaban J connectivity index is 1.59. The minimum Gasteiger partial charge on any atom is -0.496 e. The quantitative estimate of drug-likeness (QED) is 0.452. The molecule has 0 aliphatic carbocycles. The summed E-state index contributed by atoms with van der Waals surface area (Å²) >= 11 is 5.41. The molecule has 1 amide bonds. The number of ether oxygens (including phenoxy) is 1. The minimum absolute atomic E-state index is 0.191. The number of hydrogen-bond acceptors (Lipinski definition) is 4. The number of nitrogens with zero attached hydrogens (tertiary/aromatic N) is 1. The summed E-state index contributed by atoms with van der Waals surface area (Å²) in [5, 5.41) is 3.36. The monoisotopic (exact) mass is 431 g/mol. The second-order valence-electron chi connectivity index (χ2n) is 7.06. The fourth-order valence-electron chi connectivity index (χ4n) is 3.43. The molecule has 1 aromatic heterocycles. The first-order valence-electron chi connectivity index (χ1n) is 9.77. The summed E-state index contributed by atoms with van der Waals surface area (Å²) in [6.45, 7) is 0.710. The van der Waals surface area contributed by atoms with Crippen LogP contribution < -0.4 is 15.6 Å². The van der Waals surface area contributed by atoms with Gasteiger partial charge in [-0.3, -0.25) is 14.2 Å². The highest BCUT2D eigenvalue weighted by atomic mass is 32.1.